The largest absolute Gasteiger partial charge is 0.497 e. The minimum Gasteiger partial charge on any atom is -0.497 e. The monoisotopic (exact) mass is 553 g/mol. The molecule has 2 aromatic rings. The number of ether oxygens (including phenoxy) is 3. The summed E-state index contributed by atoms with van der Waals surface area (Å²) in [5, 5.41) is 3.64. The maximum absolute atomic E-state index is 5.70. The van der Waals surface area contributed by atoms with Crippen LogP contribution in [-0.2, 0) is 16.7 Å². The summed E-state index contributed by atoms with van der Waals surface area (Å²) in [6.07, 6.45) is 2.00. The molecule has 0 aliphatic carbocycles. The van der Waals surface area contributed by atoms with Crippen LogP contribution in [0.3, 0.4) is 0 Å². The van der Waals surface area contributed by atoms with E-state index in [4.69, 9.17) is 14.2 Å². The van der Waals surface area contributed by atoms with Gasteiger partial charge in [-0.3, -0.25) is 4.99 Å². The zero-order chi connectivity index (χ0) is 22.3. The Hall–Kier alpha value is -2.00. The van der Waals surface area contributed by atoms with Crippen LogP contribution >= 0.6 is 24.0 Å². The van der Waals surface area contributed by atoms with Crippen LogP contribution in [0.4, 0.5) is 0 Å². The number of nitrogens with zero attached hydrogens (tertiary/aromatic N) is 2. The second-order valence-electron chi connectivity index (χ2n) is 8.14. The Labute approximate surface area is 209 Å². The van der Waals surface area contributed by atoms with Gasteiger partial charge < -0.3 is 24.4 Å². The average molecular weight is 553 g/mol. The quantitative estimate of drug-likeness (QED) is 0.313. The van der Waals surface area contributed by atoms with Gasteiger partial charge in [-0.15, -0.1) is 24.0 Å². The number of hydrogen-bond acceptors (Lipinski definition) is 4. The first-order chi connectivity index (χ1) is 15.0. The molecule has 1 N–H and O–H groups in total. The van der Waals surface area contributed by atoms with Crippen LogP contribution in [0, 0.1) is 6.92 Å². The zero-order valence-corrected chi connectivity index (χ0v) is 22.1. The van der Waals surface area contributed by atoms with Gasteiger partial charge in [-0.2, -0.15) is 0 Å². The highest BCUT2D eigenvalue weighted by atomic mass is 127. The Bertz CT molecular complexity index is 898. The molecule has 1 heterocycles. The Balaban J connectivity index is 0.00000363. The SMILES string of the molecule is CN=C(NCC1(c2ccccc2C)CCOCC1)N(C)Cc1ccc(OC)cc1OC.I. The molecule has 0 unspecified atom stereocenters. The van der Waals surface area contributed by atoms with Crippen molar-refractivity contribution in [3.8, 4) is 11.5 Å². The molecule has 0 atom stereocenters. The van der Waals surface area contributed by atoms with E-state index in [-0.39, 0.29) is 29.4 Å². The van der Waals surface area contributed by atoms with Crippen LogP contribution in [0.25, 0.3) is 0 Å². The third-order valence-electron chi connectivity index (χ3n) is 6.23. The molecule has 0 amide bonds. The van der Waals surface area contributed by atoms with Crippen LogP contribution in [0.1, 0.15) is 29.5 Å². The molecule has 0 spiro atoms. The van der Waals surface area contributed by atoms with Crippen molar-refractivity contribution in [2.24, 2.45) is 4.99 Å². The van der Waals surface area contributed by atoms with Crippen LogP contribution in [0.15, 0.2) is 47.5 Å². The van der Waals surface area contributed by atoms with E-state index < -0.39 is 0 Å². The van der Waals surface area contributed by atoms with Gasteiger partial charge in [0.25, 0.3) is 0 Å². The first-order valence-electron chi connectivity index (χ1n) is 10.8. The summed E-state index contributed by atoms with van der Waals surface area (Å²) < 4.78 is 16.6. The molecule has 0 saturated carbocycles. The summed E-state index contributed by atoms with van der Waals surface area (Å²) in [6, 6.07) is 14.6. The van der Waals surface area contributed by atoms with E-state index in [0.29, 0.717) is 6.54 Å². The van der Waals surface area contributed by atoms with Gasteiger partial charge in [0.05, 0.1) is 14.2 Å². The van der Waals surface area contributed by atoms with E-state index in [1.807, 2.05) is 32.3 Å². The molecule has 0 radical (unpaired) electrons. The number of halogens is 1. The molecular weight excluding hydrogens is 517 g/mol. The lowest BCUT2D eigenvalue weighted by atomic mass is 9.72. The molecule has 1 aliphatic rings. The molecule has 1 fully saturated rings. The first-order valence-corrected chi connectivity index (χ1v) is 10.8. The lowest BCUT2D eigenvalue weighted by molar-refractivity contribution is 0.0510. The standard InChI is InChI=1S/C25H35N3O3.HI/c1-19-8-6-7-9-22(19)25(12-14-31-15-13-25)18-27-24(26-2)28(3)17-20-10-11-21(29-4)16-23(20)30-5;/h6-11,16H,12-15,17-18H2,1-5H3,(H,26,27);1H. The highest BCUT2D eigenvalue weighted by molar-refractivity contribution is 14.0. The summed E-state index contributed by atoms with van der Waals surface area (Å²) in [5.41, 5.74) is 3.85. The van der Waals surface area contributed by atoms with Crippen molar-refractivity contribution >= 4 is 29.9 Å². The molecule has 32 heavy (non-hydrogen) atoms. The molecule has 0 bridgehead atoms. The minimum absolute atomic E-state index is 0. The fourth-order valence-electron chi connectivity index (χ4n) is 4.42. The summed E-state index contributed by atoms with van der Waals surface area (Å²) >= 11 is 0. The second kappa shape index (κ2) is 12.3. The Morgan fingerprint density at radius 3 is 2.47 bits per heavy atom. The third kappa shape index (κ3) is 6.07. The average Bonchev–Trinajstić information content (AvgIpc) is 2.80. The highest BCUT2D eigenvalue weighted by Crippen LogP contribution is 2.36. The van der Waals surface area contributed by atoms with Crippen LogP contribution in [-0.4, -0.2) is 58.9 Å². The number of methoxy groups -OCH3 is 2. The lowest BCUT2D eigenvalue weighted by Gasteiger charge is -2.39. The molecular formula is C25H36IN3O3. The number of hydrogen-bond donors (Lipinski definition) is 1. The van der Waals surface area contributed by atoms with E-state index in [9.17, 15) is 0 Å². The van der Waals surface area contributed by atoms with E-state index in [1.165, 1.54) is 11.1 Å². The molecule has 6 nitrogen and oxygen atoms in total. The van der Waals surface area contributed by atoms with Crippen LogP contribution in [0.5, 0.6) is 11.5 Å². The fourth-order valence-corrected chi connectivity index (χ4v) is 4.42. The summed E-state index contributed by atoms with van der Waals surface area (Å²) in [6.45, 7) is 5.26. The third-order valence-corrected chi connectivity index (χ3v) is 6.23. The number of guanidine groups is 1. The summed E-state index contributed by atoms with van der Waals surface area (Å²) in [5.74, 6) is 2.45. The number of rotatable bonds is 7. The van der Waals surface area contributed by atoms with Crippen LogP contribution < -0.4 is 14.8 Å². The summed E-state index contributed by atoms with van der Waals surface area (Å²) in [7, 11) is 7.22. The summed E-state index contributed by atoms with van der Waals surface area (Å²) in [4.78, 5) is 6.66. The predicted octanol–water partition coefficient (Wildman–Crippen LogP) is 4.39. The fraction of sp³-hybridized carbons (Fsp3) is 0.480. The normalized spacial score (nSPS) is 15.5. The molecule has 3 rings (SSSR count). The van der Waals surface area contributed by atoms with Gasteiger partial charge in [0, 0.05) is 57.4 Å². The Morgan fingerprint density at radius 1 is 1.12 bits per heavy atom. The Kier molecular flexibility index (Phi) is 10.1. The molecule has 0 aromatic heterocycles. The number of benzene rings is 2. The molecule has 2 aromatic carbocycles. The van der Waals surface area contributed by atoms with Gasteiger partial charge in [-0.25, -0.2) is 0 Å². The van der Waals surface area contributed by atoms with Gasteiger partial charge in [0.2, 0.25) is 0 Å². The van der Waals surface area contributed by atoms with Gasteiger partial charge in [0.15, 0.2) is 5.96 Å². The van der Waals surface area contributed by atoms with E-state index >= 15 is 0 Å². The molecule has 1 aliphatic heterocycles. The van der Waals surface area contributed by atoms with Gasteiger partial charge in [-0.05, 0) is 43.0 Å². The molecule has 176 valence electrons. The van der Waals surface area contributed by atoms with Crippen molar-refractivity contribution < 1.29 is 14.2 Å². The first kappa shape index (κ1) is 26.3. The van der Waals surface area contributed by atoms with Crippen molar-refractivity contribution in [3.05, 3.63) is 59.2 Å². The smallest absolute Gasteiger partial charge is 0.193 e. The van der Waals surface area contributed by atoms with E-state index in [0.717, 1.165) is 55.6 Å². The lowest BCUT2D eigenvalue weighted by Crippen LogP contribution is -2.48. The van der Waals surface area contributed by atoms with E-state index in [1.54, 1.807) is 14.2 Å². The van der Waals surface area contributed by atoms with Crippen molar-refractivity contribution in [1.29, 1.82) is 0 Å². The minimum atomic E-state index is 0. The second-order valence-corrected chi connectivity index (χ2v) is 8.14. The number of aliphatic imine (C=N–C) groups is 1. The van der Waals surface area contributed by atoms with Crippen molar-refractivity contribution in [3.63, 3.8) is 0 Å². The number of nitrogens with one attached hydrogen (secondary N) is 1. The predicted molar refractivity (Wildman–Crippen MR) is 141 cm³/mol. The maximum atomic E-state index is 5.70. The zero-order valence-electron chi connectivity index (χ0n) is 19.8. The highest BCUT2D eigenvalue weighted by Gasteiger charge is 2.35. The Morgan fingerprint density at radius 2 is 1.84 bits per heavy atom. The van der Waals surface area contributed by atoms with Gasteiger partial charge in [0.1, 0.15) is 11.5 Å². The van der Waals surface area contributed by atoms with Gasteiger partial charge >= 0.3 is 0 Å². The topological polar surface area (TPSA) is 55.3 Å². The van der Waals surface area contributed by atoms with Gasteiger partial charge in [-0.1, -0.05) is 24.3 Å². The molecule has 1 saturated heterocycles. The van der Waals surface area contributed by atoms with Crippen molar-refractivity contribution in [2.45, 2.75) is 31.7 Å². The maximum Gasteiger partial charge on any atom is 0.193 e. The van der Waals surface area contributed by atoms with E-state index in [2.05, 4.69) is 46.4 Å². The van der Waals surface area contributed by atoms with Crippen molar-refractivity contribution in [2.75, 3.05) is 48.1 Å². The van der Waals surface area contributed by atoms with Crippen LogP contribution in [0.2, 0.25) is 0 Å². The molecule has 7 heteroatoms. The number of aryl methyl sites for hydroxylation is 1. The van der Waals surface area contributed by atoms with Crippen molar-refractivity contribution in [1.82, 2.24) is 10.2 Å².